The Bertz CT molecular complexity index is 1410. The van der Waals surface area contributed by atoms with Crippen LogP contribution in [0.1, 0.15) is 53.9 Å². The summed E-state index contributed by atoms with van der Waals surface area (Å²) in [5.41, 5.74) is 2.78. The maximum absolute atomic E-state index is 13.3. The average molecular weight is 576 g/mol. The molecule has 1 aliphatic heterocycles. The number of alkyl halides is 3. The largest absolute Gasteiger partial charge is 0.496 e. The summed E-state index contributed by atoms with van der Waals surface area (Å²) in [6.45, 7) is 7.38. The third-order valence-corrected chi connectivity index (χ3v) is 7.10. The van der Waals surface area contributed by atoms with Crippen LogP contribution < -0.4 is 4.74 Å². The Hall–Kier alpha value is -3.57. The van der Waals surface area contributed by atoms with E-state index in [1.165, 1.54) is 16.6 Å². The molecule has 0 radical (unpaired) electrons. The fraction of sp³-hybridized carbons (Fsp3) is 0.467. The first-order valence-corrected chi connectivity index (χ1v) is 13.3. The number of fused-ring (bicyclic) bond motifs is 1. The molecule has 0 unspecified atom stereocenters. The van der Waals surface area contributed by atoms with E-state index >= 15 is 0 Å². The van der Waals surface area contributed by atoms with Gasteiger partial charge in [-0.25, -0.2) is 9.59 Å². The van der Waals surface area contributed by atoms with Crippen molar-refractivity contribution >= 4 is 23.0 Å². The number of nitrogens with zero attached hydrogens (tertiary/aromatic N) is 3. The molecular formula is C30H36F3N3O5. The van der Waals surface area contributed by atoms with Gasteiger partial charge in [0.15, 0.2) is 0 Å². The highest BCUT2D eigenvalue weighted by molar-refractivity contribution is 5.95. The maximum atomic E-state index is 13.3. The summed E-state index contributed by atoms with van der Waals surface area (Å²) >= 11 is 0. The van der Waals surface area contributed by atoms with E-state index in [-0.39, 0.29) is 13.1 Å². The summed E-state index contributed by atoms with van der Waals surface area (Å²) in [7, 11) is 2.86. The van der Waals surface area contributed by atoms with Crippen molar-refractivity contribution in [2.45, 2.75) is 52.1 Å². The molecule has 0 amide bonds. The number of esters is 1. The fourth-order valence-corrected chi connectivity index (χ4v) is 5.31. The van der Waals surface area contributed by atoms with Gasteiger partial charge in [-0.05, 0) is 63.1 Å². The van der Waals surface area contributed by atoms with E-state index in [9.17, 15) is 22.8 Å². The molecule has 0 N–H and O–H groups in total. The number of ether oxygens (including phenoxy) is 3. The van der Waals surface area contributed by atoms with Gasteiger partial charge >= 0.3 is 18.2 Å². The van der Waals surface area contributed by atoms with Gasteiger partial charge < -0.3 is 14.2 Å². The van der Waals surface area contributed by atoms with Crippen LogP contribution in [0, 0.1) is 6.92 Å². The molecule has 1 atom stereocenters. The van der Waals surface area contributed by atoms with Crippen LogP contribution in [-0.2, 0) is 16.0 Å². The zero-order chi connectivity index (χ0) is 30.1. The van der Waals surface area contributed by atoms with E-state index in [2.05, 4.69) is 4.90 Å². The summed E-state index contributed by atoms with van der Waals surface area (Å²) < 4.78 is 57.5. The summed E-state index contributed by atoms with van der Waals surface area (Å²) in [6.07, 6.45) is -3.16. The molecule has 0 bridgehead atoms. The second-order valence-corrected chi connectivity index (χ2v) is 11.3. The SMILES string of the molecule is COC(=O)c1ccc([C@@H]2CN(CC(F)(F)F)CCN2Cc2c(OC)cc(C)c3c2ccn3C(=O)OC(C)(C)C)cc1. The normalized spacial score (nSPS) is 17.0. The number of hydrogen-bond acceptors (Lipinski definition) is 7. The van der Waals surface area contributed by atoms with E-state index in [1.54, 1.807) is 58.3 Å². The summed E-state index contributed by atoms with van der Waals surface area (Å²) in [6, 6.07) is 10.0. The molecule has 3 aromatic rings. The van der Waals surface area contributed by atoms with Crippen LogP contribution in [0.2, 0.25) is 0 Å². The van der Waals surface area contributed by atoms with Gasteiger partial charge in [0.1, 0.15) is 11.4 Å². The zero-order valence-electron chi connectivity index (χ0n) is 24.2. The predicted molar refractivity (Wildman–Crippen MR) is 148 cm³/mol. The van der Waals surface area contributed by atoms with Crippen molar-refractivity contribution in [1.82, 2.24) is 14.4 Å². The first kappa shape index (κ1) is 30.4. The van der Waals surface area contributed by atoms with Crippen molar-refractivity contribution in [2.75, 3.05) is 40.4 Å². The lowest BCUT2D eigenvalue weighted by Crippen LogP contribution is -2.50. The maximum Gasteiger partial charge on any atom is 0.419 e. The molecule has 1 aliphatic rings. The fourth-order valence-electron chi connectivity index (χ4n) is 5.31. The zero-order valence-corrected chi connectivity index (χ0v) is 24.2. The molecule has 0 spiro atoms. The van der Waals surface area contributed by atoms with Gasteiger partial charge in [-0.1, -0.05) is 12.1 Å². The molecule has 11 heteroatoms. The van der Waals surface area contributed by atoms with Crippen LogP contribution in [0.3, 0.4) is 0 Å². The topological polar surface area (TPSA) is 73.2 Å². The van der Waals surface area contributed by atoms with Crippen LogP contribution in [0.5, 0.6) is 5.75 Å². The number of carbonyl (C=O) groups is 2. The first-order valence-electron chi connectivity index (χ1n) is 13.3. The Morgan fingerprint density at radius 3 is 2.29 bits per heavy atom. The number of piperazine rings is 1. The number of aryl methyl sites for hydroxylation is 1. The average Bonchev–Trinajstić information content (AvgIpc) is 3.35. The van der Waals surface area contributed by atoms with Gasteiger partial charge in [0.05, 0.1) is 31.8 Å². The van der Waals surface area contributed by atoms with Crippen molar-refractivity contribution in [3.8, 4) is 5.75 Å². The third kappa shape index (κ3) is 7.02. The molecule has 0 saturated carbocycles. The highest BCUT2D eigenvalue weighted by Gasteiger charge is 2.36. The number of hydrogen-bond donors (Lipinski definition) is 0. The number of methoxy groups -OCH3 is 2. The van der Waals surface area contributed by atoms with E-state index in [4.69, 9.17) is 14.2 Å². The minimum absolute atomic E-state index is 0.146. The van der Waals surface area contributed by atoms with Crippen LogP contribution in [0.25, 0.3) is 10.9 Å². The summed E-state index contributed by atoms with van der Waals surface area (Å²) in [5.74, 6) is 0.131. The predicted octanol–water partition coefficient (Wildman–Crippen LogP) is 5.95. The van der Waals surface area contributed by atoms with Crippen LogP contribution in [-0.4, -0.2) is 78.6 Å². The molecular weight excluding hydrogens is 539 g/mol. The van der Waals surface area contributed by atoms with Crippen LogP contribution >= 0.6 is 0 Å². The number of rotatable bonds is 6. The van der Waals surface area contributed by atoms with Crippen molar-refractivity contribution < 1.29 is 37.0 Å². The molecule has 4 rings (SSSR count). The van der Waals surface area contributed by atoms with Gasteiger partial charge in [-0.3, -0.25) is 14.4 Å². The van der Waals surface area contributed by atoms with Crippen molar-refractivity contribution in [3.63, 3.8) is 0 Å². The molecule has 1 fully saturated rings. The van der Waals surface area contributed by atoms with Crippen molar-refractivity contribution in [2.24, 2.45) is 0 Å². The smallest absolute Gasteiger partial charge is 0.419 e. The van der Waals surface area contributed by atoms with Crippen molar-refractivity contribution in [1.29, 1.82) is 0 Å². The minimum atomic E-state index is -4.32. The Kier molecular flexibility index (Phi) is 8.70. The van der Waals surface area contributed by atoms with Gasteiger partial charge in [0.25, 0.3) is 0 Å². The molecule has 2 aromatic carbocycles. The lowest BCUT2D eigenvalue weighted by molar-refractivity contribution is -0.152. The Morgan fingerprint density at radius 2 is 1.71 bits per heavy atom. The van der Waals surface area contributed by atoms with E-state index in [0.717, 1.165) is 22.1 Å². The first-order chi connectivity index (χ1) is 19.2. The quantitative estimate of drug-likeness (QED) is 0.337. The van der Waals surface area contributed by atoms with Gasteiger partial charge in [-0.15, -0.1) is 0 Å². The van der Waals surface area contributed by atoms with E-state index < -0.39 is 36.4 Å². The summed E-state index contributed by atoms with van der Waals surface area (Å²) in [5, 5.41) is 0.796. The van der Waals surface area contributed by atoms with Crippen molar-refractivity contribution in [3.05, 3.63) is 64.8 Å². The standard InChI is InChI=1S/C30H36F3N3O5/c1-19-15-25(39-5)23(22-11-12-36(26(19)22)28(38)41-29(2,3)4)16-35-14-13-34(18-30(31,32)33)17-24(35)20-7-9-21(10-8-20)27(37)40-6/h7-12,15,24H,13-14,16-18H2,1-6H3/t24-/m0/s1. The van der Waals surface area contributed by atoms with Gasteiger partial charge in [-0.2, -0.15) is 13.2 Å². The number of halogens is 3. The number of benzene rings is 2. The Morgan fingerprint density at radius 1 is 1.02 bits per heavy atom. The lowest BCUT2D eigenvalue weighted by Gasteiger charge is -2.42. The molecule has 0 aliphatic carbocycles. The highest BCUT2D eigenvalue weighted by Crippen LogP contribution is 2.36. The highest BCUT2D eigenvalue weighted by atomic mass is 19.4. The van der Waals surface area contributed by atoms with Crippen LogP contribution in [0.4, 0.5) is 18.0 Å². The van der Waals surface area contributed by atoms with Crippen LogP contribution in [0.15, 0.2) is 42.6 Å². The van der Waals surface area contributed by atoms with Gasteiger partial charge in [0, 0.05) is 49.4 Å². The lowest BCUT2D eigenvalue weighted by atomic mass is 9.98. The monoisotopic (exact) mass is 575 g/mol. The Labute approximate surface area is 237 Å². The Balaban J connectivity index is 1.73. The molecule has 1 aromatic heterocycles. The van der Waals surface area contributed by atoms with Gasteiger partial charge in [0.2, 0.25) is 0 Å². The second-order valence-electron chi connectivity index (χ2n) is 11.3. The third-order valence-electron chi connectivity index (χ3n) is 7.10. The number of aromatic nitrogens is 1. The molecule has 1 saturated heterocycles. The molecule has 8 nitrogen and oxygen atoms in total. The molecule has 41 heavy (non-hydrogen) atoms. The summed E-state index contributed by atoms with van der Waals surface area (Å²) in [4.78, 5) is 28.5. The second kappa shape index (κ2) is 11.7. The van der Waals surface area contributed by atoms with E-state index in [1.807, 2.05) is 19.1 Å². The molecule has 2 heterocycles. The minimum Gasteiger partial charge on any atom is -0.496 e. The number of carbonyl (C=O) groups excluding carboxylic acids is 2. The molecule has 222 valence electrons. The van der Waals surface area contributed by atoms with E-state index in [0.29, 0.717) is 29.9 Å².